The highest BCUT2D eigenvalue weighted by atomic mass is 32.1. The molecule has 0 spiro atoms. The van der Waals surface area contributed by atoms with Crippen LogP contribution in [0, 0.1) is 0 Å². The Kier molecular flexibility index (Phi) is 7.40. The second kappa shape index (κ2) is 13.1. The lowest BCUT2D eigenvalue weighted by Crippen LogP contribution is -2.09. The molecule has 0 saturated carbocycles. The fourth-order valence-corrected chi connectivity index (χ4v) is 10.1. The molecule has 0 atom stereocenters. The molecule has 0 amide bonds. The lowest BCUT2D eigenvalue weighted by Gasteiger charge is -2.26. The largest absolute Gasteiger partial charge is 0.453 e. The molecular formula is C54H34N2OS. The zero-order valence-electron chi connectivity index (χ0n) is 31.3. The Morgan fingerprint density at radius 2 is 0.966 bits per heavy atom. The third-order valence-electron chi connectivity index (χ3n) is 11.6. The van der Waals surface area contributed by atoms with E-state index >= 15 is 0 Å². The van der Waals surface area contributed by atoms with Gasteiger partial charge in [0.15, 0.2) is 11.5 Å². The average Bonchev–Trinajstić information content (AvgIpc) is 3.84. The van der Waals surface area contributed by atoms with Gasteiger partial charge in [0.2, 0.25) is 0 Å². The van der Waals surface area contributed by atoms with Gasteiger partial charge in [0.1, 0.15) is 0 Å². The average molecular weight is 759 g/mol. The molecule has 0 N–H and O–H groups in total. The Bertz CT molecular complexity index is 3340. The van der Waals surface area contributed by atoms with Crippen molar-refractivity contribution in [2.45, 2.75) is 0 Å². The van der Waals surface area contributed by atoms with E-state index in [1.807, 2.05) is 23.5 Å². The summed E-state index contributed by atoms with van der Waals surface area (Å²) in [4.78, 5) is 2.35. The van der Waals surface area contributed by atoms with Crippen molar-refractivity contribution in [2.75, 3.05) is 4.90 Å². The number of nitrogens with zero attached hydrogens (tertiary/aromatic N) is 2. The maximum atomic E-state index is 6.36. The molecule has 3 heterocycles. The molecule has 272 valence electrons. The molecule has 0 radical (unpaired) electrons. The normalized spacial score (nSPS) is 11.9. The molecule has 0 unspecified atom stereocenters. The van der Waals surface area contributed by atoms with Gasteiger partial charge in [0.05, 0.1) is 16.7 Å². The monoisotopic (exact) mass is 758 g/mol. The Labute approximate surface area is 339 Å². The molecule has 1 aliphatic heterocycles. The number of ether oxygens (including phenoxy) is 1. The molecule has 0 saturated heterocycles. The van der Waals surface area contributed by atoms with E-state index in [0.717, 1.165) is 39.8 Å². The molecule has 9 aromatic carbocycles. The third kappa shape index (κ3) is 5.19. The minimum atomic E-state index is 0.877. The lowest BCUT2D eigenvalue weighted by molar-refractivity contribution is 0.476. The molecule has 0 aliphatic carbocycles. The number of rotatable bonds is 6. The van der Waals surface area contributed by atoms with Gasteiger partial charge < -0.3 is 14.2 Å². The summed E-state index contributed by atoms with van der Waals surface area (Å²) in [6.07, 6.45) is 0. The van der Waals surface area contributed by atoms with Gasteiger partial charge in [-0.2, -0.15) is 0 Å². The maximum absolute atomic E-state index is 6.36. The van der Waals surface area contributed by atoms with Crippen molar-refractivity contribution < 1.29 is 4.74 Å². The zero-order chi connectivity index (χ0) is 38.2. The van der Waals surface area contributed by atoms with E-state index in [0.29, 0.717) is 0 Å². The Balaban J connectivity index is 0.937. The zero-order valence-corrected chi connectivity index (χ0v) is 32.2. The Morgan fingerprint density at radius 1 is 0.397 bits per heavy atom. The molecule has 1 aliphatic rings. The molecule has 0 bridgehead atoms. The van der Waals surface area contributed by atoms with Gasteiger partial charge in [-0.15, -0.1) is 11.3 Å². The van der Waals surface area contributed by atoms with E-state index in [4.69, 9.17) is 4.74 Å². The summed E-state index contributed by atoms with van der Waals surface area (Å²) in [6.45, 7) is 0. The van der Waals surface area contributed by atoms with Crippen LogP contribution in [0.4, 0.5) is 17.1 Å². The minimum Gasteiger partial charge on any atom is -0.453 e. The van der Waals surface area contributed by atoms with Gasteiger partial charge in [-0.25, -0.2) is 0 Å². The van der Waals surface area contributed by atoms with E-state index in [-0.39, 0.29) is 0 Å². The Morgan fingerprint density at radius 3 is 1.74 bits per heavy atom. The smallest absolute Gasteiger partial charge is 0.152 e. The first-order chi connectivity index (χ1) is 28.7. The molecule has 4 heteroatoms. The molecule has 2 aromatic heterocycles. The number of benzene rings is 9. The van der Waals surface area contributed by atoms with Crippen LogP contribution in [-0.2, 0) is 0 Å². The molecule has 58 heavy (non-hydrogen) atoms. The summed E-state index contributed by atoms with van der Waals surface area (Å²) < 4.78 is 11.4. The first kappa shape index (κ1) is 32.8. The van der Waals surface area contributed by atoms with Gasteiger partial charge in [-0.3, -0.25) is 0 Å². The number of aromatic nitrogens is 1. The predicted molar refractivity (Wildman–Crippen MR) is 245 cm³/mol. The van der Waals surface area contributed by atoms with E-state index in [1.165, 1.54) is 69.8 Å². The van der Waals surface area contributed by atoms with Crippen molar-refractivity contribution in [3.05, 3.63) is 206 Å². The third-order valence-corrected chi connectivity index (χ3v) is 12.8. The Hall–Kier alpha value is -7.40. The molecule has 0 fully saturated rings. The fraction of sp³-hybridized carbons (Fsp3) is 0. The lowest BCUT2D eigenvalue weighted by atomic mass is 10.0. The summed E-state index contributed by atoms with van der Waals surface area (Å²) in [5.74, 6) is 1.77. The fourth-order valence-electron chi connectivity index (χ4n) is 8.84. The van der Waals surface area contributed by atoms with Crippen LogP contribution in [0.25, 0.3) is 81.0 Å². The summed E-state index contributed by atoms with van der Waals surface area (Å²) in [6, 6.07) is 74.4. The summed E-state index contributed by atoms with van der Waals surface area (Å²) in [5, 5.41) is 5.04. The van der Waals surface area contributed by atoms with Gasteiger partial charge in [0.25, 0.3) is 0 Å². The first-order valence-electron chi connectivity index (χ1n) is 19.7. The quantitative estimate of drug-likeness (QED) is 0.168. The highest BCUT2D eigenvalue weighted by Gasteiger charge is 2.24. The van der Waals surface area contributed by atoms with Crippen LogP contribution in [0.2, 0.25) is 0 Å². The van der Waals surface area contributed by atoms with Crippen LogP contribution in [0.3, 0.4) is 0 Å². The van der Waals surface area contributed by atoms with Gasteiger partial charge in [-0.1, -0.05) is 133 Å². The number of fused-ring (bicyclic) bond motifs is 8. The topological polar surface area (TPSA) is 17.4 Å². The summed E-state index contributed by atoms with van der Waals surface area (Å²) in [5.41, 5.74) is 13.9. The highest BCUT2D eigenvalue weighted by molar-refractivity contribution is 7.26. The number of hydrogen-bond acceptors (Lipinski definition) is 3. The van der Waals surface area contributed by atoms with E-state index in [9.17, 15) is 0 Å². The van der Waals surface area contributed by atoms with Crippen LogP contribution in [-0.4, -0.2) is 4.57 Å². The number of thiophene rings is 1. The summed E-state index contributed by atoms with van der Waals surface area (Å²) >= 11 is 1.87. The maximum Gasteiger partial charge on any atom is 0.152 e. The SMILES string of the molecule is c1ccc(-c2ccc(N(c3ccc(-c4ccc5c(c4)c4cccc6c4n5-c4ccccc4O6)cc3)c3ccc(-c4cccc5c4sc4ccccc45)cc3)cc2)cc1. The van der Waals surface area contributed by atoms with Gasteiger partial charge >= 0.3 is 0 Å². The highest BCUT2D eigenvalue weighted by Crippen LogP contribution is 2.46. The minimum absolute atomic E-state index is 0.877. The van der Waals surface area contributed by atoms with E-state index < -0.39 is 0 Å². The molecule has 12 rings (SSSR count). The number of hydrogen-bond donors (Lipinski definition) is 0. The van der Waals surface area contributed by atoms with Crippen molar-refractivity contribution in [1.82, 2.24) is 4.57 Å². The van der Waals surface area contributed by atoms with Crippen molar-refractivity contribution >= 4 is 70.4 Å². The van der Waals surface area contributed by atoms with Crippen LogP contribution >= 0.6 is 11.3 Å². The standard InChI is InChI=1S/C54H34N2OS/c1-2-10-35(11-3-1)36-20-27-40(28-21-36)55(42-31-24-38(25-32-42)43-13-8-15-46-44-12-4-7-19-52(44)58-54(43)46)41-29-22-37(23-30-41)39-26-33-48-47(34-39)45-14-9-18-51-53(45)56(48)49-16-5-6-17-50(49)57-51/h1-34H. The van der Waals surface area contributed by atoms with Crippen molar-refractivity contribution in [3.8, 4) is 50.6 Å². The second-order valence-corrected chi connectivity index (χ2v) is 16.0. The van der Waals surface area contributed by atoms with Crippen LogP contribution in [0.5, 0.6) is 11.5 Å². The van der Waals surface area contributed by atoms with Crippen LogP contribution < -0.4 is 9.64 Å². The molecular weight excluding hydrogens is 725 g/mol. The second-order valence-electron chi connectivity index (χ2n) is 14.9. The van der Waals surface area contributed by atoms with E-state index in [1.54, 1.807) is 0 Å². The van der Waals surface area contributed by atoms with Crippen molar-refractivity contribution in [3.63, 3.8) is 0 Å². The van der Waals surface area contributed by atoms with E-state index in [2.05, 4.69) is 204 Å². The number of para-hydroxylation sites is 3. The first-order valence-corrected chi connectivity index (χ1v) is 20.5. The van der Waals surface area contributed by atoms with Crippen LogP contribution in [0.1, 0.15) is 0 Å². The predicted octanol–water partition coefficient (Wildman–Crippen LogP) is 15.7. The number of anilines is 3. The summed E-state index contributed by atoms with van der Waals surface area (Å²) in [7, 11) is 0. The van der Waals surface area contributed by atoms with Gasteiger partial charge in [-0.05, 0) is 106 Å². The molecule has 3 nitrogen and oxygen atoms in total. The molecule has 11 aromatic rings. The van der Waals surface area contributed by atoms with Crippen LogP contribution in [0.15, 0.2) is 206 Å². The van der Waals surface area contributed by atoms with Crippen molar-refractivity contribution in [1.29, 1.82) is 0 Å². The van der Waals surface area contributed by atoms with Gasteiger partial charge in [0, 0.05) is 48.0 Å². The van der Waals surface area contributed by atoms with Crippen molar-refractivity contribution in [2.24, 2.45) is 0 Å².